The molecule has 8 nitrogen and oxygen atoms in total. The van der Waals surface area contributed by atoms with Gasteiger partial charge in [-0.1, -0.05) is 5.11 Å². The highest BCUT2D eigenvalue weighted by molar-refractivity contribution is 4.97. The first-order valence-corrected chi connectivity index (χ1v) is 5.33. The van der Waals surface area contributed by atoms with Gasteiger partial charge in [0.2, 0.25) is 0 Å². The van der Waals surface area contributed by atoms with E-state index < -0.39 is 43.0 Å². The summed E-state index contributed by atoms with van der Waals surface area (Å²) < 4.78 is 16.3. The van der Waals surface area contributed by atoms with E-state index in [2.05, 4.69) is 10.0 Å². The zero-order valence-electron chi connectivity index (χ0n) is 9.55. The fraction of sp³-hybridized carbons (Fsp3) is 1.00. The van der Waals surface area contributed by atoms with Gasteiger partial charge in [0.1, 0.15) is 18.3 Å². The van der Waals surface area contributed by atoms with Gasteiger partial charge < -0.3 is 24.4 Å². The van der Waals surface area contributed by atoms with E-state index in [0.29, 0.717) is 0 Å². The van der Waals surface area contributed by atoms with Crippen LogP contribution >= 0.6 is 0 Å². The fourth-order valence-electron chi connectivity index (χ4n) is 2.11. The summed E-state index contributed by atoms with van der Waals surface area (Å²) in [4.78, 5) is 2.60. The molecule has 2 heterocycles. The van der Waals surface area contributed by atoms with E-state index in [1.54, 1.807) is 13.8 Å². The van der Waals surface area contributed by atoms with Crippen LogP contribution in [0.1, 0.15) is 13.8 Å². The van der Waals surface area contributed by atoms with Crippen molar-refractivity contribution in [2.45, 2.75) is 50.3 Å². The van der Waals surface area contributed by atoms with Crippen LogP contribution in [0.5, 0.6) is 0 Å². The minimum atomic E-state index is -0.996. The van der Waals surface area contributed by atoms with Gasteiger partial charge in [-0.05, 0) is 19.4 Å². The summed E-state index contributed by atoms with van der Waals surface area (Å²) >= 11 is 0. The first kappa shape index (κ1) is 12.6. The first-order chi connectivity index (χ1) is 7.98. The third-order valence-corrected chi connectivity index (χ3v) is 2.82. The van der Waals surface area contributed by atoms with Gasteiger partial charge in [0.15, 0.2) is 12.1 Å². The Bertz CT molecular complexity index is 344. The van der Waals surface area contributed by atoms with Crippen LogP contribution in [0.3, 0.4) is 0 Å². The fourth-order valence-corrected chi connectivity index (χ4v) is 2.11. The third-order valence-electron chi connectivity index (χ3n) is 2.82. The summed E-state index contributed by atoms with van der Waals surface area (Å²) in [7, 11) is 0. The Labute approximate surface area is 97.7 Å². The van der Waals surface area contributed by atoms with E-state index in [-0.39, 0.29) is 0 Å². The molecule has 0 aromatic carbocycles. The smallest absolute Gasteiger partial charge is 0.190 e. The molecule has 2 rings (SSSR count). The van der Waals surface area contributed by atoms with Crippen LogP contribution in [0.25, 0.3) is 10.4 Å². The van der Waals surface area contributed by atoms with Crippen molar-refractivity contribution in [2.24, 2.45) is 5.11 Å². The van der Waals surface area contributed by atoms with Gasteiger partial charge in [-0.15, -0.1) is 0 Å². The van der Waals surface area contributed by atoms with Crippen LogP contribution in [0.2, 0.25) is 0 Å². The van der Waals surface area contributed by atoms with Gasteiger partial charge in [0, 0.05) is 4.91 Å². The maximum atomic E-state index is 10.00. The number of azide groups is 1. The Morgan fingerprint density at radius 2 is 2.18 bits per heavy atom. The first-order valence-electron chi connectivity index (χ1n) is 5.33. The lowest BCUT2D eigenvalue weighted by molar-refractivity contribution is -0.217. The van der Waals surface area contributed by atoms with Gasteiger partial charge in [-0.25, -0.2) is 0 Å². The summed E-state index contributed by atoms with van der Waals surface area (Å²) in [6.45, 7) is 3.02. The number of nitrogens with zero attached hydrogens (tertiary/aromatic N) is 3. The quantitative estimate of drug-likeness (QED) is 0.409. The summed E-state index contributed by atoms with van der Waals surface area (Å²) in [5.74, 6) is -0.811. The minimum Gasteiger partial charge on any atom is -0.396 e. The van der Waals surface area contributed by atoms with E-state index in [0.717, 1.165) is 0 Å². The second-order valence-electron chi connectivity index (χ2n) is 4.51. The maximum Gasteiger partial charge on any atom is 0.190 e. The van der Waals surface area contributed by atoms with Crippen LogP contribution < -0.4 is 0 Å². The zero-order valence-corrected chi connectivity index (χ0v) is 9.55. The summed E-state index contributed by atoms with van der Waals surface area (Å²) in [6.07, 6.45) is -3.14. The van der Waals surface area contributed by atoms with Gasteiger partial charge in [0.05, 0.1) is 12.6 Å². The van der Waals surface area contributed by atoms with Crippen LogP contribution in [-0.2, 0) is 14.2 Å². The van der Waals surface area contributed by atoms with Crippen molar-refractivity contribution < 1.29 is 24.4 Å². The molecule has 0 unspecified atom stereocenters. The van der Waals surface area contributed by atoms with Gasteiger partial charge in [0.25, 0.3) is 0 Å². The number of hydrogen-bond acceptors (Lipinski definition) is 6. The second-order valence-corrected chi connectivity index (χ2v) is 4.51. The van der Waals surface area contributed by atoms with Crippen molar-refractivity contribution >= 4 is 0 Å². The predicted molar refractivity (Wildman–Crippen MR) is 54.7 cm³/mol. The average Bonchev–Trinajstić information content (AvgIpc) is 2.70. The Morgan fingerprint density at radius 3 is 2.71 bits per heavy atom. The highest BCUT2D eigenvalue weighted by Crippen LogP contribution is 2.38. The monoisotopic (exact) mass is 245 g/mol. The van der Waals surface area contributed by atoms with Crippen molar-refractivity contribution in [2.75, 3.05) is 6.61 Å². The molecule has 5 atom stereocenters. The molecule has 96 valence electrons. The molecule has 17 heavy (non-hydrogen) atoms. The molecule has 2 aliphatic rings. The Hall–Kier alpha value is -0.890. The van der Waals surface area contributed by atoms with Crippen molar-refractivity contribution in [3.63, 3.8) is 0 Å². The lowest BCUT2D eigenvalue weighted by atomic mass is 10.1. The molecule has 2 fully saturated rings. The second kappa shape index (κ2) is 4.41. The lowest BCUT2D eigenvalue weighted by Gasteiger charge is -2.25. The topological polar surface area (TPSA) is 117 Å². The Morgan fingerprint density at radius 1 is 1.47 bits per heavy atom. The molecule has 0 aromatic rings. The number of fused-ring (bicyclic) bond motifs is 1. The highest BCUT2D eigenvalue weighted by Gasteiger charge is 2.55. The number of aliphatic hydroxyl groups excluding tert-OH is 2. The Kier molecular flexibility index (Phi) is 3.26. The number of hydrogen-bond donors (Lipinski definition) is 2. The van der Waals surface area contributed by atoms with Crippen LogP contribution in [0, 0.1) is 0 Å². The summed E-state index contributed by atoms with van der Waals surface area (Å²) in [5, 5.41) is 22.4. The van der Waals surface area contributed by atoms with Gasteiger partial charge >= 0.3 is 0 Å². The number of rotatable bonds is 3. The van der Waals surface area contributed by atoms with Crippen molar-refractivity contribution in [3.05, 3.63) is 10.4 Å². The molecule has 0 spiro atoms. The van der Waals surface area contributed by atoms with Gasteiger partial charge in [-0.2, -0.15) is 0 Å². The molecular formula is C9H15N3O5. The van der Waals surface area contributed by atoms with E-state index >= 15 is 0 Å². The molecule has 0 radical (unpaired) electrons. The number of ether oxygens (including phenoxy) is 3. The molecule has 2 aliphatic heterocycles. The maximum absolute atomic E-state index is 10.00. The molecule has 0 aliphatic carbocycles. The molecule has 0 amide bonds. The van der Waals surface area contributed by atoms with E-state index in [4.69, 9.17) is 24.8 Å². The van der Waals surface area contributed by atoms with E-state index in [1.807, 2.05) is 0 Å². The van der Waals surface area contributed by atoms with Crippen molar-refractivity contribution in [1.82, 2.24) is 0 Å². The molecule has 8 heteroatoms. The third kappa shape index (κ3) is 2.23. The summed E-state index contributed by atoms with van der Waals surface area (Å²) in [6, 6.07) is -0.851. The van der Waals surface area contributed by atoms with E-state index in [9.17, 15) is 5.11 Å². The minimum absolute atomic E-state index is 0.408. The predicted octanol–water partition coefficient (Wildman–Crippen LogP) is -0.105. The van der Waals surface area contributed by atoms with Crippen molar-refractivity contribution in [1.29, 1.82) is 0 Å². The highest BCUT2D eigenvalue weighted by atomic mass is 16.8. The summed E-state index contributed by atoms with van der Waals surface area (Å²) in [5.41, 5.74) is 8.35. The van der Waals surface area contributed by atoms with Crippen LogP contribution in [0.4, 0.5) is 0 Å². The largest absolute Gasteiger partial charge is 0.396 e. The SMILES string of the molecule is CC1(C)O[C@@H]2O[C@@H]([C@@H](CO)N=[N+]=[N-])[C@@H](O)[C@@H]2O1. The standard InChI is InChI=1S/C9H15N3O5/c1-9(2)16-7-5(14)6(15-8(7)17-9)4(3-13)11-12-10/h4-8,13-14H,3H2,1-2H3/t4-,5-,6+,7+,8+/m1/s1. The molecule has 2 N–H and O–H groups in total. The average molecular weight is 245 g/mol. The molecule has 0 saturated carbocycles. The normalized spacial score (nSPS) is 40.7. The molecule has 0 aromatic heterocycles. The Balaban J connectivity index is 2.09. The zero-order chi connectivity index (χ0) is 12.6. The lowest BCUT2D eigenvalue weighted by Crippen LogP contribution is -2.41. The molecular weight excluding hydrogens is 230 g/mol. The van der Waals surface area contributed by atoms with E-state index in [1.165, 1.54) is 0 Å². The van der Waals surface area contributed by atoms with Gasteiger partial charge in [-0.3, -0.25) is 0 Å². The van der Waals surface area contributed by atoms with Crippen molar-refractivity contribution in [3.8, 4) is 0 Å². The molecule has 0 bridgehead atoms. The van der Waals surface area contributed by atoms with Crippen LogP contribution in [-0.4, -0.2) is 53.3 Å². The molecule has 2 saturated heterocycles. The number of aliphatic hydroxyl groups is 2. The van der Waals surface area contributed by atoms with Crippen LogP contribution in [0.15, 0.2) is 5.11 Å².